The molecule has 0 saturated carbocycles. The van der Waals surface area contributed by atoms with Gasteiger partial charge in [0.05, 0.1) is 12.0 Å². The second kappa shape index (κ2) is 8.93. The average molecular weight is 487 g/mol. The molecule has 2 aromatic carbocycles. The summed E-state index contributed by atoms with van der Waals surface area (Å²) in [6, 6.07) is 13.1. The minimum atomic E-state index is -4.04. The van der Waals surface area contributed by atoms with Crippen LogP contribution in [0.1, 0.15) is 5.56 Å². The Bertz CT molecular complexity index is 1250. The van der Waals surface area contributed by atoms with Gasteiger partial charge in [-0.15, -0.1) is 0 Å². The van der Waals surface area contributed by atoms with Crippen molar-refractivity contribution in [2.24, 2.45) is 0 Å². The molecule has 3 aromatic rings. The molecule has 0 spiro atoms. The molecule has 0 unspecified atom stereocenters. The zero-order valence-electron chi connectivity index (χ0n) is 16.1. The quantitative estimate of drug-likeness (QED) is 0.517. The van der Waals surface area contributed by atoms with Crippen LogP contribution in [-0.2, 0) is 26.1 Å². The molecule has 0 aliphatic carbocycles. The van der Waals surface area contributed by atoms with Gasteiger partial charge < -0.3 is 10.1 Å². The van der Waals surface area contributed by atoms with Crippen molar-refractivity contribution in [3.63, 3.8) is 0 Å². The van der Waals surface area contributed by atoms with E-state index in [1.165, 1.54) is 24.3 Å². The highest BCUT2D eigenvalue weighted by molar-refractivity contribution is 7.93. The summed E-state index contributed by atoms with van der Waals surface area (Å²) in [4.78, 5) is 3.91. The summed E-state index contributed by atoms with van der Waals surface area (Å²) in [5.74, 6) is 0.717. The van der Waals surface area contributed by atoms with E-state index in [4.69, 9.17) is 16.3 Å². The number of rotatable bonds is 8. The lowest BCUT2D eigenvalue weighted by Gasteiger charge is -2.10. The lowest BCUT2D eigenvalue weighted by atomic mass is 10.1. The first-order valence-corrected chi connectivity index (χ1v) is 13.3. The first-order chi connectivity index (χ1) is 14.1. The van der Waals surface area contributed by atoms with Gasteiger partial charge in [0.25, 0.3) is 0 Å². The second-order valence-electron chi connectivity index (χ2n) is 6.33. The zero-order chi connectivity index (χ0) is 21.9. The van der Waals surface area contributed by atoms with Crippen molar-refractivity contribution in [2.75, 3.05) is 25.2 Å². The summed E-state index contributed by atoms with van der Waals surface area (Å²) in [6.45, 7) is 0.356. The molecule has 0 radical (unpaired) electrons. The van der Waals surface area contributed by atoms with Crippen LogP contribution in [0.2, 0.25) is 5.02 Å². The van der Waals surface area contributed by atoms with Gasteiger partial charge in [-0.3, -0.25) is 0 Å². The Kier molecular flexibility index (Phi) is 6.71. The summed E-state index contributed by atoms with van der Waals surface area (Å²) in [5.41, 5.74) is 0.933. The Morgan fingerprint density at radius 2 is 1.73 bits per heavy atom. The van der Waals surface area contributed by atoms with Gasteiger partial charge in [-0.1, -0.05) is 41.1 Å². The number of halogens is 1. The Morgan fingerprint density at radius 1 is 1.07 bits per heavy atom. The fraction of sp³-hybridized carbons (Fsp3) is 0.211. The number of thiazole rings is 1. The Labute approximate surface area is 184 Å². The summed E-state index contributed by atoms with van der Waals surface area (Å²) in [5, 5.41) is 3.25. The summed E-state index contributed by atoms with van der Waals surface area (Å²) in [7, 11) is -6.15. The van der Waals surface area contributed by atoms with Gasteiger partial charge in [-0.2, -0.15) is 0 Å². The SMILES string of the molecule is COc1ccccc1CCNc1sc(S(C)(=O)=O)nc1S(=O)(=O)c1ccc(Cl)cc1. The Balaban J connectivity index is 1.93. The van der Waals surface area contributed by atoms with Crippen molar-refractivity contribution < 1.29 is 21.6 Å². The number of anilines is 1. The van der Waals surface area contributed by atoms with Crippen molar-refractivity contribution >= 4 is 47.6 Å². The van der Waals surface area contributed by atoms with E-state index in [9.17, 15) is 16.8 Å². The van der Waals surface area contributed by atoms with Crippen molar-refractivity contribution in [1.82, 2.24) is 4.98 Å². The third kappa shape index (κ3) is 4.94. The van der Waals surface area contributed by atoms with E-state index < -0.39 is 19.7 Å². The first-order valence-electron chi connectivity index (χ1n) is 8.70. The van der Waals surface area contributed by atoms with E-state index in [-0.39, 0.29) is 19.3 Å². The van der Waals surface area contributed by atoms with Gasteiger partial charge in [0.1, 0.15) is 10.8 Å². The predicted octanol–water partition coefficient (Wildman–Crippen LogP) is 3.70. The number of sulfone groups is 2. The van der Waals surface area contributed by atoms with E-state index in [2.05, 4.69) is 10.3 Å². The number of nitrogens with one attached hydrogen (secondary N) is 1. The Morgan fingerprint density at radius 3 is 2.37 bits per heavy atom. The molecular weight excluding hydrogens is 468 g/mol. The van der Waals surface area contributed by atoms with Crippen LogP contribution in [0.15, 0.2) is 62.8 Å². The maximum atomic E-state index is 13.1. The molecule has 1 heterocycles. The van der Waals surface area contributed by atoms with E-state index >= 15 is 0 Å². The first kappa shape index (κ1) is 22.5. The van der Waals surface area contributed by atoms with Gasteiger partial charge in [0, 0.05) is 17.8 Å². The number of hydrogen-bond acceptors (Lipinski definition) is 8. The van der Waals surface area contributed by atoms with Gasteiger partial charge in [0.2, 0.25) is 24.0 Å². The second-order valence-corrected chi connectivity index (χ2v) is 11.8. The molecule has 11 heteroatoms. The lowest BCUT2D eigenvalue weighted by molar-refractivity contribution is 0.410. The fourth-order valence-corrected chi connectivity index (χ4v) is 6.36. The topological polar surface area (TPSA) is 102 Å². The molecule has 3 rings (SSSR count). The number of para-hydroxylation sites is 1. The van der Waals surface area contributed by atoms with Gasteiger partial charge in [-0.05, 0) is 42.3 Å². The van der Waals surface area contributed by atoms with Gasteiger partial charge >= 0.3 is 0 Å². The minimum absolute atomic E-state index is 0.0231. The molecule has 7 nitrogen and oxygen atoms in total. The van der Waals surface area contributed by atoms with Crippen LogP contribution in [0.3, 0.4) is 0 Å². The maximum Gasteiger partial charge on any atom is 0.226 e. The number of methoxy groups -OCH3 is 1. The highest BCUT2D eigenvalue weighted by Crippen LogP contribution is 2.35. The fourth-order valence-electron chi connectivity index (χ4n) is 2.69. The smallest absolute Gasteiger partial charge is 0.226 e. The summed E-state index contributed by atoms with van der Waals surface area (Å²) < 4.78 is 55.2. The summed E-state index contributed by atoms with van der Waals surface area (Å²) >= 11 is 6.63. The number of benzene rings is 2. The monoisotopic (exact) mass is 486 g/mol. The Hall–Kier alpha value is -2.14. The summed E-state index contributed by atoms with van der Waals surface area (Å²) in [6.07, 6.45) is 1.53. The average Bonchev–Trinajstić information content (AvgIpc) is 3.14. The standard InChI is InChI=1S/C19H19ClN2O5S3/c1-27-16-6-4-3-5-13(16)11-12-21-17-18(22-19(28-17)29(2,23)24)30(25,26)15-9-7-14(20)8-10-15/h3-10,21H,11-12H2,1-2H3. The predicted molar refractivity (Wildman–Crippen MR) is 117 cm³/mol. The van der Waals surface area contributed by atoms with E-state index in [1.807, 2.05) is 24.3 Å². The molecule has 0 fully saturated rings. The van der Waals surface area contributed by atoms with Gasteiger partial charge in [-0.25, -0.2) is 21.8 Å². The highest BCUT2D eigenvalue weighted by atomic mass is 35.5. The molecule has 0 saturated heterocycles. The van der Waals surface area contributed by atoms with E-state index in [0.717, 1.165) is 28.9 Å². The number of aromatic nitrogens is 1. The van der Waals surface area contributed by atoms with Crippen LogP contribution in [-0.4, -0.2) is 41.7 Å². The lowest BCUT2D eigenvalue weighted by Crippen LogP contribution is -2.10. The van der Waals surface area contributed by atoms with Gasteiger partial charge in [0.15, 0.2) is 5.03 Å². The third-order valence-electron chi connectivity index (χ3n) is 4.14. The molecule has 0 atom stereocenters. The molecule has 30 heavy (non-hydrogen) atoms. The molecule has 160 valence electrons. The van der Waals surface area contributed by atoms with Crippen LogP contribution < -0.4 is 10.1 Å². The third-order valence-corrected chi connectivity index (χ3v) is 8.91. The van der Waals surface area contributed by atoms with Crippen molar-refractivity contribution in [1.29, 1.82) is 0 Å². The largest absolute Gasteiger partial charge is 0.496 e. The molecule has 0 aliphatic rings. The van der Waals surface area contributed by atoms with Crippen molar-refractivity contribution in [3.05, 3.63) is 59.1 Å². The van der Waals surface area contributed by atoms with E-state index in [0.29, 0.717) is 18.0 Å². The van der Waals surface area contributed by atoms with Crippen molar-refractivity contribution in [3.8, 4) is 5.75 Å². The van der Waals surface area contributed by atoms with E-state index in [1.54, 1.807) is 7.11 Å². The maximum absolute atomic E-state index is 13.1. The highest BCUT2D eigenvalue weighted by Gasteiger charge is 2.29. The minimum Gasteiger partial charge on any atom is -0.496 e. The molecule has 0 bridgehead atoms. The van der Waals surface area contributed by atoms with Crippen LogP contribution in [0.4, 0.5) is 5.00 Å². The molecule has 1 aromatic heterocycles. The molecular formula is C19H19ClN2O5S3. The molecule has 0 aliphatic heterocycles. The van der Waals surface area contributed by atoms with Crippen LogP contribution >= 0.6 is 22.9 Å². The molecule has 1 N–H and O–H groups in total. The zero-order valence-corrected chi connectivity index (χ0v) is 19.3. The number of nitrogens with zero attached hydrogens (tertiary/aromatic N) is 1. The molecule has 0 amide bonds. The van der Waals surface area contributed by atoms with Crippen LogP contribution in [0.5, 0.6) is 5.75 Å². The van der Waals surface area contributed by atoms with Crippen molar-refractivity contribution in [2.45, 2.75) is 20.7 Å². The van der Waals surface area contributed by atoms with Crippen LogP contribution in [0.25, 0.3) is 0 Å². The van der Waals surface area contributed by atoms with Crippen LogP contribution in [0, 0.1) is 0 Å². The normalized spacial score (nSPS) is 12.0. The number of ether oxygens (including phenoxy) is 1. The number of hydrogen-bond donors (Lipinski definition) is 1.